The number of benzene rings is 1. The third kappa shape index (κ3) is 2.01. The first-order valence-corrected chi connectivity index (χ1v) is 5.32. The van der Waals surface area contributed by atoms with E-state index in [1.54, 1.807) is 12.1 Å². The van der Waals surface area contributed by atoms with Crippen LogP contribution in [-0.4, -0.2) is 26.1 Å². The van der Waals surface area contributed by atoms with Gasteiger partial charge in [-0.2, -0.15) is 0 Å². The van der Waals surface area contributed by atoms with Gasteiger partial charge < -0.3 is 15.2 Å². The van der Waals surface area contributed by atoms with Gasteiger partial charge in [-0.25, -0.2) is 4.79 Å². The van der Waals surface area contributed by atoms with Gasteiger partial charge >= 0.3 is 5.97 Å². The fraction of sp³-hybridized carbons (Fsp3) is 0.0833. The summed E-state index contributed by atoms with van der Waals surface area (Å²) in [6, 6.07) is 5.88. The third-order valence-corrected chi connectivity index (χ3v) is 2.72. The number of carboxylic acid groups (broad SMARTS) is 1. The molecule has 1 heterocycles. The van der Waals surface area contributed by atoms with Gasteiger partial charge in [0.15, 0.2) is 0 Å². The van der Waals surface area contributed by atoms with Crippen molar-refractivity contribution in [2.24, 2.45) is 0 Å². The molecule has 0 fully saturated rings. The van der Waals surface area contributed by atoms with Gasteiger partial charge in [0.2, 0.25) is 0 Å². The Morgan fingerprint density at radius 2 is 2.00 bits per heavy atom. The van der Waals surface area contributed by atoms with Crippen molar-refractivity contribution in [2.75, 3.05) is 0 Å². The van der Waals surface area contributed by atoms with E-state index in [2.05, 4.69) is 4.98 Å². The number of aromatic amines is 1. The number of aromatic carboxylic acids is 1. The molecule has 0 aliphatic rings. The fourth-order valence-electron chi connectivity index (χ4n) is 1.95. The summed E-state index contributed by atoms with van der Waals surface area (Å²) in [5.41, 5.74) is -0.547. The summed E-state index contributed by atoms with van der Waals surface area (Å²) < 4.78 is 0. The normalized spacial score (nSPS) is 10.4. The maximum atomic E-state index is 11.2. The minimum atomic E-state index is -1.32. The molecule has 98 valence electrons. The number of hydrogen-bond acceptors (Lipinski definition) is 4. The highest BCUT2D eigenvalue weighted by Gasteiger charge is 2.30. The Morgan fingerprint density at radius 1 is 1.37 bits per heavy atom. The zero-order valence-electron chi connectivity index (χ0n) is 9.88. The zero-order chi connectivity index (χ0) is 14.2. The number of para-hydroxylation sites is 1. The number of carboxylic acids is 1. The highest BCUT2D eigenvalue weighted by atomic mass is 16.6. The van der Waals surface area contributed by atoms with E-state index >= 15 is 0 Å². The molecule has 2 rings (SSSR count). The first-order chi connectivity index (χ1) is 8.93. The number of carbonyl (C=O) groups is 1. The fourth-order valence-corrected chi connectivity index (χ4v) is 1.95. The van der Waals surface area contributed by atoms with Gasteiger partial charge in [0.1, 0.15) is 11.4 Å². The quantitative estimate of drug-likeness (QED) is 0.579. The zero-order valence-corrected chi connectivity index (χ0v) is 9.88. The molecular formula is C12H10N2O5. The van der Waals surface area contributed by atoms with Crippen molar-refractivity contribution in [3.05, 3.63) is 45.8 Å². The van der Waals surface area contributed by atoms with E-state index in [9.17, 15) is 20.0 Å². The van der Waals surface area contributed by atoms with E-state index in [-0.39, 0.29) is 34.0 Å². The third-order valence-electron chi connectivity index (χ3n) is 2.72. The monoisotopic (exact) mass is 262 g/mol. The minimum Gasteiger partial charge on any atom is -0.507 e. The van der Waals surface area contributed by atoms with Gasteiger partial charge in [0.05, 0.1) is 16.2 Å². The van der Waals surface area contributed by atoms with Crippen LogP contribution in [0.5, 0.6) is 5.75 Å². The number of hydrogen-bond donors (Lipinski definition) is 3. The van der Waals surface area contributed by atoms with Crippen LogP contribution < -0.4 is 0 Å². The second-order valence-corrected chi connectivity index (χ2v) is 3.93. The summed E-state index contributed by atoms with van der Waals surface area (Å²) in [6.45, 7) is 1.41. The highest BCUT2D eigenvalue weighted by molar-refractivity contribution is 5.99. The Kier molecular flexibility index (Phi) is 2.95. The lowest BCUT2D eigenvalue weighted by molar-refractivity contribution is -0.384. The SMILES string of the molecule is Cc1[nH]c(C(=O)O)c(-c2ccccc2O)c1[N+](=O)[O-]. The molecule has 1 aromatic heterocycles. The lowest BCUT2D eigenvalue weighted by Crippen LogP contribution is -1.99. The molecule has 7 nitrogen and oxygen atoms in total. The van der Waals surface area contributed by atoms with Crippen LogP contribution in [0, 0.1) is 17.0 Å². The van der Waals surface area contributed by atoms with E-state index in [4.69, 9.17) is 5.11 Å². The topological polar surface area (TPSA) is 116 Å². The average molecular weight is 262 g/mol. The first-order valence-electron chi connectivity index (χ1n) is 5.32. The molecule has 19 heavy (non-hydrogen) atoms. The molecule has 0 saturated carbocycles. The maximum absolute atomic E-state index is 11.2. The van der Waals surface area contributed by atoms with E-state index in [1.807, 2.05) is 0 Å². The molecule has 2 aromatic rings. The maximum Gasteiger partial charge on any atom is 0.353 e. The van der Waals surface area contributed by atoms with Crippen molar-refractivity contribution in [1.82, 2.24) is 4.98 Å². The molecule has 0 spiro atoms. The van der Waals surface area contributed by atoms with Crippen molar-refractivity contribution in [3.63, 3.8) is 0 Å². The Bertz CT molecular complexity index is 675. The number of nitrogens with zero attached hydrogens (tertiary/aromatic N) is 1. The molecule has 7 heteroatoms. The van der Waals surface area contributed by atoms with Gasteiger partial charge in [-0.15, -0.1) is 0 Å². The number of H-pyrrole nitrogens is 1. The van der Waals surface area contributed by atoms with Crippen LogP contribution in [0.2, 0.25) is 0 Å². The summed E-state index contributed by atoms with van der Waals surface area (Å²) in [5.74, 6) is -1.54. The van der Waals surface area contributed by atoms with Crippen molar-refractivity contribution in [3.8, 4) is 16.9 Å². The van der Waals surface area contributed by atoms with E-state index in [0.29, 0.717) is 0 Å². The number of aromatic hydroxyl groups is 1. The van der Waals surface area contributed by atoms with Crippen molar-refractivity contribution in [1.29, 1.82) is 0 Å². The predicted octanol–water partition coefficient (Wildman–Crippen LogP) is 2.30. The van der Waals surface area contributed by atoms with Crippen LogP contribution in [0.4, 0.5) is 5.69 Å². The molecule has 1 aromatic carbocycles. The largest absolute Gasteiger partial charge is 0.507 e. The lowest BCUT2D eigenvalue weighted by Gasteiger charge is -2.03. The first kappa shape index (κ1) is 12.6. The summed E-state index contributed by atoms with van der Waals surface area (Å²) >= 11 is 0. The van der Waals surface area contributed by atoms with Gasteiger partial charge in [0, 0.05) is 5.56 Å². The van der Waals surface area contributed by atoms with Crippen LogP contribution >= 0.6 is 0 Å². The van der Waals surface area contributed by atoms with Crippen molar-refractivity contribution >= 4 is 11.7 Å². The molecule has 3 N–H and O–H groups in total. The lowest BCUT2D eigenvalue weighted by atomic mass is 10.0. The van der Waals surface area contributed by atoms with Crippen LogP contribution in [-0.2, 0) is 0 Å². The van der Waals surface area contributed by atoms with Crippen LogP contribution in [0.3, 0.4) is 0 Å². The van der Waals surface area contributed by atoms with Gasteiger partial charge in [-0.05, 0) is 13.0 Å². The average Bonchev–Trinajstić information content (AvgIpc) is 2.67. The molecule has 0 atom stereocenters. The summed E-state index contributed by atoms with van der Waals surface area (Å²) in [4.78, 5) is 24.0. The summed E-state index contributed by atoms with van der Waals surface area (Å²) in [6.07, 6.45) is 0. The summed E-state index contributed by atoms with van der Waals surface area (Å²) in [5, 5.41) is 29.9. The molecule has 0 aliphatic carbocycles. The van der Waals surface area contributed by atoms with Crippen LogP contribution in [0.15, 0.2) is 24.3 Å². The Balaban J connectivity index is 2.84. The Morgan fingerprint density at radius 3 is 2.53 bits per heavy atom. The number of phenols is 1. The number of aromatic nitrogens is 1. The molecule has 0 bridgehead atoms. The standard InChI is InChI=1S/C12H10N2O5/c1-6-11(14(18)19)9(10(13-6)12(16)17)7-4-2-3-5-8(7)15/h2-5,13,15H,1H3,(H,16,17). The molecule has 0 radical (unpaired) electrons. The minimum absolute atomic E-state index is 0.107. The number of rotatable bonds is 3. The second-order valence-electron chi connectivity index (χ2n) is 3.93. The van der Waals surface area contributed by atoms with Gasteiger partial charge in [-0.1, -0.05) is 18.2 Å². The second kappa shape index (κ2) is 4.45. The number of nitro groups is 1. The number of nitrogens with one attached hydrogen (secondary N) is 1. The van der Waals surface area contributed by atoms with Gasteiger partial charge in [-0.3, -0.25) is 10.1 Å². The predicted molar refractivity (Wildman–Crippen MR) is 66.2 cm³/mol. The highest BCUT2D eigenvalue weighted by Crippen LogP contribution is 2.40. The van der Waals surface area contributed by atoms with Gasteiger partial charge in [0.25, 0.3) is 5.69 Å². The molecular weight excluding hydrogens is 252 g/mol. The molecule has 0 unspecified atom stereocenters. The molecule has 0 amide bonds. The van der Waals surface area contributed by atoms with Crippen LogP contribution in [0.25, 0.3) is 11.1 Å². The smallest absolute Gasteiger partial charge is 0.353 e. The summed E-state index contributed by atoms with van der Waals surface area (Å²) in [7, 11) is 0. The number of aryl methyl sites for hydroxylation is 1. The number of phenolic OH excluding ortho intramolecular Hbond substituents is 1. The van der Waals surface area contributed by atoms with Crippen LogP contribution in [0.1, 0.15) is 16.2 Å². The van der Waals surface area contributed by atoms with E-state index < -0.39 is 10.9 Å². The molecule has 0 saturated heterocycles. The van der Waals surface area contributed by atoms with E-state index in [0.717, 1.165) is 0 Å². The molecule has 0 aliphatic heterocycles. The van der Waals surface area contributed by atoms with E-state index in [1.165, 1.54) is 19.1 Å². The van der Waals surface area contributed by atoms with Crippen molar-refractivity contribution < 1.29 is 19.9 Å². The Hall–Kier alpha value is -2.83. The van der Waals surface area contributed by atoms with Crippen molar-refractivity contribution in [2.45, 2.75) is 6.92 Å². The Labute approximate surface area is 107 Å².